The number of benzene rings is 1. The molecule has 152 valence electrons. The molecule has 0 radical (unpaired) electrons. The highest BCUT2D eigenvalue weighted by atomic mass is 16.2. The first-order valence-corrected chi connectivity index (χ1v) is 11.1. The molecule has 1 N–H and O–H groups in total. The molecule has 0 unspecified atom stereocenters. The fourth-order valence-electron chi connectivity index (χ4n) is 5.57. The van der Waals surface area contributed by atoms with E-state index in [1.807, 2.05) is 18.7 Å². The molecule has 2 amide bonds. The zero-order valence-corrected chi connectivity index (χ0v) is 17.8. The average Bonchev–Trinajstić information content (AvgIpc) is 3.02. The number of fused-ring (bicyclic) bond motifs is 2. The van der Waals surface area contributed by atoms with Crippen LogP contribution >= 0.6 is 0 Å². The molecule has 4 rings (SSSR count). The van der Waals surface area contributed by atoms with Gasteiger partial charge in [0.2, 0.25) is 0 Å². The SMILES string of the molecule is CCc1c2c3c(cccc3n1NC(=O)N(CC)CC)[C@H]1CCCN(CC)[C@@H]1C2. The number of carbonyl (C=O) groups excluding carboxylic acids is 1. The summed E-state index contributed by atoms with van der Waals surface area (Å²) >= 11 is 0. The summed E-state index contributed by atoms with van der Waals surface area (Å²) in [5.74, 6) is 0.615. The van der Waals surface area contributed by atoms with Gasteiger partial charge in [-0.15, -0.1) is 0 Å². The van der Waals surface area contributed by atoms with Crippen molar-refractivity contribution in [3.8, 4) is 0 Å². The van der Waals surface area contributed by atoms with E-state index in [9.17, 15) is 4.79 Å². The molecular formula is C23H34N4O. The van der Waals surface area contributed by atoms with Gasteiger partial charge in [-0.25, -0.2) is 10.2 Å². The van der Waals surface area contributed by atoms with E-state index < -0.39 is 0 Å². The number of carbonyl (C=O) groups is 1. The number of rotatable bonds is 5. The van der Waals surface area contributed by atoms with Crippen molar-refractivity contribution in [2.75, 3.05) is 31.6 Å². The second-order valence-electron chi connectivity index (χ2n) is 8.09. The van der Waals surface area contributed by atoms with Gasteiger partial charge in [0.15, 0.2) is 0 Å². The Kier molecular flexibility index (Phi) is 5.37. The Balaban J connectivity index is 1.83. The normalized spacial score (nSPS) is 21.6. The van der Waals surface area contributed by atoms with Gasteiger partial charge in [-0.3, -0.25) is 9.58 Å². The molecule has 0 saturated carbocycles. The highest BCUT2D eigenvalue weighted by Crippen LogP contribution is 2.45. The van der Waals surface area contributed by atoms with E-state index in [4.69, 9.17) is 0 Å². The van der Waals surface area contributed by atoms with Crippen LogP contribution in [-0.4, -0.2) is 52.7 Å². The number of hydrogen-bond acceptors (Lipinski definition) is 2. The van der Waals surface area contributed by atoms with E-state index in [1.165, 1.54) is 41.6 Å². The minimum atomic E-state index is -0.0135. The van der Waals surface area contributed by atoms with E-state index in [1.54, 1.807) is 0 Å². The fourth-order valence-corrected chi connectivity index (χ4v) is 5.57. The number of piperidine rings is 1. The van der Waals surface area contributed by atoms with Crippen LogP contribution in [0.1, 0.15) is 63.3 Å². The Labute approximate surface area is 168 Å². The number of urea groups is 1. The van der Waals surface area contributed by atoms with Crippen molar-refractivity contribution < 1.29 is 4.79 Å². The largest absolute Gasteiger partial charge is 0.336 e. The monoisotopic (exact) mass is 382 g/mol. The van der Waals surface area contributed by atoms with Gasteiger partial charge in [0.25, 0.3) is 0 Å². The first-order valence-electron chi connectivity index (χ1n) is 11.1. The predicted octanol–water partition coefficient (Wildman–Crippen LogP) is 4.33. The lowest BCUT2D eigenvalue weighted by atomic mass is 9.74. The summed E-state index contributed by atoms with van der Waals surface area (Å²) in [5, 5.41) is 1.40. The van der Waals surface area contributed by atoms with Crippen LogP contribution in [0.4, 0.5) is 4.79 Å². The van der Waals surface area contributed by atoms with Crippen LogP contribution in [0.3, 0.4) is 0 Å². The first kappa shape index (κ1) is 19.3. The molecule has 1 aromatic carbocycles. The summed E-state index contributed by atoms with van der Waals surface area (Å²) in [5.41, 5.74) is 8.59. The molecule has 2 atom stereocenters. The molecule has 0 bridgehead atoms. The molecule has 2 aromatic rings. The summed E-state index contributed by atoms with van der Waals surface area (Å²) in [4.78, 5) is 17.3. The minimum absolute atomic E-state index is 0.0135. The lowest BCUT2D eigenvalue weighted by Crippen LogP contribution is -2.46. The van der Waals surface area contributed by atoms with E-state index in [2.05, 4.69) is 47.0 Å². The van der Waals surface area contributed by atoms with Crippen LogP contribution in [0.15, 0.2) is 18.2 Å². The summed E-state index contributed by atoms with van der Waals surface area (Å²) in [6.45, 7) is 12.3. The topological polar surface area (TPSA) is 40.5 Å². The third-order valence-corrected chi connectivity index (χ3v) is 6.94. The van der Waals surface area contributed by atoms with E-state index >= 15 is 0 Å². The molecule has 2 heterocycles. The third-order valence-electron chi connectivity index (χ3n) is 6.94. The van der Waals surface area contributed by atoms with Crippen molar-refractivity contribution in [2.24, 2.45) is 0 Å². The lowest BCUT2D eigenvalue weighted by Gasteiger charge is -2.44. The van der Waals surface area contributed by atoms with E-state index in [0.717, 1.165) is 38.0 Å². The standard InChI is InChI=1S/C23H34N4O/c1-5-19-18-15-21-16(12-10-14-26(21)8-4)17-11-9-13-20(22(17)18)27(19)24-23(28)25(6-2)7-3/h9,11,13,16,21H,5-8,10,12,14-15H2,1-4H3,(H,24,28)/t16-,21-/m1/s1. The van der Waals surface area contributed by atoms with Gasteiger partial charge >= 0.3 is 6.03 Å². The van der Waals surface area contributed by atoms with Crippen molar-refractivity contribution in [2.45, 2.75) is 65.3 Å². The van der Waals surface area contributed by atoms with Gasteiger partial charge in [0.1, 0.15) is 0 Å². The number of amides is 2. The summed E-state index contributed by atoms with van der Waals surface area (Å²) in [6, 6.07) is 7.26. The average molecular weight is 383 g/mol. The third kappa shape index (κ3) is 2.91. The van der Waals surface area contributed by atoms with Crippen molar-refractivity contribution in [1.82, 2.24) is 14.5 Å². The van der Waals surface area contributed by atoms with Gasteiger partial charge in [0, 0.05) is 36.1 Å². The Morgan fingerprint density at radius 1 is 1.21 bits per heavy atom. The summed E-state index contributed by atoms with van der Waals surface area (Å²) in [6.07, 6.45) is 4.58. The summed E-state index contributed by atoms with van der Waals surface area (Å²) in [7, 11) is 0. The number of hydrogen-bond donors (Lipinski definition) is 1. The molecule has 5 nitrogen and oxygen atoms in total. The van der Waals surface area contributed by atoms with Crippen LogP contribution in [0.25, 0.3) is 10.9 Å². The van der Waals surface area contributed by atoms with Gasteiger partial charge in [-0.1, -0.05) is 26.0 Å². The Morgan fingerprint density at radius 3 is 2.68 bits per heavy atom. The number of nitrogens with zero attached hydrogens (tertiary/aromatic N) is 3. The van der Waals surface area contributed by atoms with E-state index in [0.29, 0.717) is 12.0 Å². The van der Waals surface area contributed by atoms with Crippen molar-refractivity contribution >= 4 is 16.9 Å². The van der Waals surface area contributed by atoms with Gasteiger partial charge < -0.3 is 4.90 Å². The van der Waals surface area contributed by atoms with Crippen molar-refractivity contribution in [3.63, 3.8) is 0 Å². The Bertz CT molecular complexity index is 867. The lowest BCUT2D eigenvalue weighted by molar-refractivity contribution is 0.131. The zero-order valence-electron chi connectivity index (χ0n) is 17.8. The highest BCUT2D eigenvalue weighted by Gasteiger charge is 2.38. The van der Waals surface area contributed by atoms with Crippen LogP contribution in [-0.2, 0) is 12.8 Å². The number of likely N-dealkylation sites (tertiary alicyclic amines) is 1. The second kappa shape index (κ2) is 7.78. The Hall–Kier alpha value is -2.01. The number of aromatic nitrogens is 1. The fraction of sp³-hybridized carbons (Fsp3) is 0.609. The van der Waals surface area contributed by atoms with Crippen molar-refractivity contribution in [3.05, 3.63) is 35.0 Å². The Morgan fingerprint density at radius 2 is 2.00 bits per heavy atom. The van der Waals surface area contributed by atoms with Crippen LogP contribution in [0.2, 0.25) is 0 Å². The predicted molar refractivity (Wildman–Crippen MR) is 116 cm³/mol. The van der Waals surface area contributed by atoms with Crippen LogP contribution in [0.5, 0.6) is 0 Å². The minimum Gasteiger partial charge on any atom is -0.324 e. The number of likely N-dealkylation sites (N-methyl/N-ethyl adjacent to an activating group) is 1. The maximum atomic E-state index is 12.8. The molecule has 1 fully saturated rings. The first-order chi connectivity index (χ1) is 13.6. The molecule has 2 aliphatic rings. The quantitative estimate of drug-likeness (QED) is 0.836. The van der Waals surface area contributed by atoms with Gasteiger partial charge in [0.05, 0.1) is 5.52 Å². The maximum absolute atomic E-state index is 12.8. The molecule has 1 aliphatic heterocycles. The van der Waals surface area contributed by atoms with E-state index in [-0.39, 0.29) is 6.03 Å². The second-order valence-corrected chi connectivity index (χ2v) is 8.09. The highest BCUT2D eigenvalue weighted by molar-refractivity contribution is 5.93. The van der Waals surface area contributed by atoms with Crippen LogP contribution < -0.4 is 5.43 Å². The molecule has 5 heteroatoms. The maximum Gasteiger partial charge on any atom is 0.336 e. The van der Waals surface area contributed by atoms with Crippen LogP contribution in [0, 0.1) is 0 Å². The molecule has 1 aliphatic carbocycles. The molecule has 1 saturated heterocycles. The van der Waals surface area contributed by atoms with Crippen molar-refractivity contribution in [1.29, 1.82) is 0 Å². The molecule has 1 aromatic heterocycles. The van der Waals surface area contributed by atoms with Gasteiger partial charge in [-0.05, 0) is 69.8 Å². The molecular weight excluding hydrogens is 348 g/mol. The zero-order chi connectivity index (χ0) is 19.8. The molecule has 28 heavy (non-hydrogen) atoms. The smallest absolute Gasteiger partial charge is 0.324 e. The van der Waals surface area contributed by atoms with Gasteiger partial charge in [-0.2, -0.15) is 0 Å². The molecule has 0 spiro atoms. The number of nitrogens with one attached hydrogen (secondary N) is 1. The summed E-state index contributed by atoms with van der Waals surface area (Å²) < 4.78 is 2.09.